The van der Waals surface area contributed by atoms with Crippen molar-refractivity contribution < 1.29 is 13.2 Å². The van der Waals surface area contributed by atoms with E-state index in [0.717, 1.165) is 10.8 Å². The highest BCUT2D eigenvalue weighted by atomic mass is 35.7. The van der Waals surface area contributed by atoms with Gasteiger partial charge in [-0.3, -0.25) is 0 Å². The quantitative estimate of drug-likeness (QED) is 0.813. The van der Waals surface area contributed by atoms with E-state index in [1.54, 1.807) is 12.1 Å². The third kappa shape index (κ3) is 3.28. The fourth-order valence-corrected chi connectivity index (χ4v) is 2.31. The van der Waals surface area contributed by atoms with Crippen molar-refractivity contribution in [2.45, 2.75) is 0 Å². The van der Waals surface area contributed by atoms with Crippen LogP contribution in [0.3, 0.4) is 0 Å². The molecule has 0 fully saturated rings. The molecule has 18 heavy (non-hydrogen) atoms. The molecule has 0 atom stereocenters. The van der Waals surface area contributed by atoms with Crippen molar-refractivity contribution >= 4 is 42.1 Å². The Morgan fingerprint density at radius 2 is 1.72 bits per heavy atom. The molecule has 0 radical (unpaired) electrons. The Hall–Kier alpha value is -0.970. The molecule has 3 nitrogen and oxygen atoms in total. The molecule has 0 aliphatic rings. The van der Waals surface area contributed by atoms with Crippen molar-refractivity contribution in [3.8, 4) is 5.75 Å². The Kier molecular flexibility index (Phi) is 4.00. The first-order chi connectivity index (χ1) is 8.47. The van der Waals surface area contributed by atoms with Crippen LogP contribution in [0, 0.1) is 0 Å². The molecule has 0 saturated heterocycles. The summed E-state index contributed by atoms with van der Waals surface area (Å²) < 4.78 is 27.0. The maximum atomic E-state index is 10.8. The minimum atomic E-state index is -3.53. The average Bonchev–Trinajstić information content (AvgIpc) is 2.31. The van der Waals surface area contributed by atoms with Crippen LogP contribution in [0.5, 0.6) is 5.75 Å². The predicted octanol–water partition coefficient (Wildman–Crippen LogP) is 3.44. The van der Waals surface area contributed by atoms with Gasteiger partial charge in [-0.25, -0.2) is 8.42 Å². The van der Waals surface area contributed by atoms with Crippen molar-refractivity contribution in [3.63, 3.8) is 0 Å². The molecule has 0 unspecified atom stereocenters. The second kappa shape index (κ2) is 5.34. The van der Waals surface area contributed by atoms with Gasteiger partial charge in [0.25, 0.3) is 0 Å². The first-order valence-electron chi connectivity index (χ1n) is 5.20. The van der Waals surface area contributed by atoms with Crippen LogP contribution in [0.4, 0.5) is 0 Å². The van der Waals surface area contributed by atoms with Gasteiger partial charge in [0.2, 0.25) is 9.05 Å². The third-order valence-corrected chi connectivity index (χ3v) is 3.86. The molecule has 0 N–H and O–H groups in total. The fourth-order valence-electron chi connectivity index (χ4n) is 1.61. The Bertz CT molecular complexity index is 668. The Balaban J connectivity index is 2.26. The summed E-state index contributed by atoms with van der Waals surface area (Å²) in [5.74, 6) is 0.362. The zero-order valence-electron chi connectivity index (χ0n) is 9.27. The lowest BCUT2D eigenvalue weighted by Crippen LogP contribution is -2.08. The van der Waals surface area contributed by atoms with E-state index in [1.807, 2.05) is 24.3 Å². The van der Waals surface area contributed by atoms with Crippen LogP contribution in [0.1, 0.15) is 0 Å². The van der Waals surface area contributed by atoms with Crippen molar-refractivity contribution in [1.82, 2.24) is 0 Å². The van der Waals surface area contributed by atoms with Gasteiger partial charge in [-0.05, 0) is 12.1 Å². The monoisotopic (exact) mass is 304 g/mol. The zero-order chi connectivity index (χ0) is 13.2. The average molecular weight is 305 g/mol. The Labute approximate surface area is 115 Å². The molecule has 0 spiro atoms. The topological polar surface area (TPSA) is 43.4 Å². The van der Waals surface area contributed by atoms with Gasteiger partial charge in [0.15, 0.2) is 0 Å². The molecule has 0 aromatic heterocycles. The minimum Gasteiger partial charge on any atom is -0.492 e. The summed E-state index contributed by atoms with van der Waals surface area (Å²) in [7, 11) is 1.58. The van der Waals surface area contributed by atoms with Crippen molar-refractivity contribution in [2.24, 2.45) is 0 Å². The lowest BCUT2D eigenvalue weighted by Gasteiger charge is -2.09. The number of halogens is 2. The van der Waals surface area contributed by atoms with Crippen LogP contribution < -0.4 is 4.74 Å². The van der Waals surface area contributed by atoms with Crippen molar-refractivity contribution in [3.05, 3.63) is 41.4 Å². The molecular formula is C12H10Cl2O3S. The number of ether oxygens (including phenoxy) is 1. The number of hydrogen-bond donors (Lipinski definition) is 0. The molecule has 2 aromatic rings. The normalized spacial score (nSPS) is 11.7. The summed E-state index contributed by atoms with van der Waals surface area (Å²) in [6, 6.07) is 10.9. The van der Waals surface area contributed by atoms with E-state index in [4.69, 9.17) is 27.0 Å². The molecule has 0 amide bonds. The van der Waals surface area contributed by atoms with Crippen molar-refractivity contribution in [2.75, 3.05) is 12.4 Å². The van der Waals surface area contributed by atoms with Gasteiger partial charge in [0.05, 0.1) is 5.75 Å². The van der Waals surface area contributed by atoms with E-state index in [1.165, 1.54) is 0 Å². The van der Waals surface area contributed by atoms with E-state index in [9.17, 15) is 8.42 Å². The van der Waals surface area contributed by atoms with Crippen molar-refractivity contribution in [1.29, 1.82) is 0 Å². The van der Waals surface area contributed by atoms with Crippen LogP contribution in [0.15, 0.2) is 36.4 Å². The smallest absolute Gasteiger partial charge is 0.235 e. The van der Waals surface area contributed by atoms with Gasteiger partial charge in [-0.2, -0.15) is 0 Å². The number of benzene rings is 2. The van der Waals surface area contributed by atoms with Gasteiger partial charge in [-0.15, -0.1) is 0 Å². The third-order valence-electron chi connectivity index (χ3n) is 2.42. The molecule has 0 aliphatic heterocycles. The molecule has 0 bridgehead atoms. The van der Waals surface area contributed by atoms with Crippen LogP contribution in [0.25, 0.3) is 10.8 Å². The maximum absolute atomic E-state index is 10.8. The molecular weight excluding hydrogens is 295 g/mol. The second-order valence-electron chi connectivity index (χ2n) is 3.68. The number of rotatable bonds is 4. The van der Waals surface area contributed by atoms with E-state index >= 15 is 0 Å². The summed E-state index contributed by atoms with van der Waals surface area (Å²) in [6.07, 6.45) is 0. The van der Waals surface area contributed by atoms with Gasteiger partial charge < -0.3 is 4.74 Å². The lowest BCUT2D eigenvalue weighted by atomic mass is 10.1. The number of fused-ring (bicyclic) bond motifs is 1. The zero-order valence-corrected chi connectivity index (χ0v) is 11.6. The van der Waals surface area contributed by atoms with E-state index in [2.05, 4.69) is 0 Å². The van der Waals surface area contributed by atoms with Gasteiger partial charge in [-0.1, -0.05) is 35.9 Å². The summed E-state index contributed by atoms with van der Waals surface area (Å²) >= 11 is 6.06. The predicted molar refractivity (Wildman–Crippen MR) is 74.1 cm³/mol. The Morgan fingerprint density at radius 1 is 1.06 bits per heavy atom. The minimum absolute atomic E-state index is 0.0114. The highest BCUT2D eigenvalue weighted by molar-refractivity contribution is 8.13. The van der Waals surface area contributed by atoms with Gasteiger partial charge in [0, 0.05) is 26.5 Å². The van der Waals surface area contributed by atoms with Crippen LogP contribution >= 0.6 is 22.3 Å². The summed E-state index contributed by atoms with van der Waals surface area (Å²) in [5, 5.41) is 2.34. The molecule has 6 heteroatoms. The van der Waals surface area contributed by atoms with Crippen LogP contribution in [-0.2, 0) is 9.05 Å². The SMILES string of the molecule is O=S(=O)(Cl)CCOc1ccc(Cl)c2ccccc12. The maximum Gasteiger partial charge on any atom is 0.235 e. The second-order valence-corrected chi connectivity index (χ2v) is 6.99. The Morgan fingerprint density at radius 3 is 2.39 bits per heavy atom. The van der Waals surface area contributed by atoms with E-state index in [-0.39, 0.29) is 12.4 Å². The highest BCUT2D eigenvalue weighted by Crippen LogP contribution is 2.31. The fraction of sp³-hybridized carbons (Fsp3) is 0.167. The van der Waals surface area contributed by atoms with Gasteiger partial charge in [0.1, 0.15) is 12.4 Å². The first-order valence-corrected chi connectivity index (χ1v) is 8.05. The van der Waals surface area contributed by atoms with E-state index < -0.39 is 9.05 Å². The summed E-state index contributed by atoms with van der Waals surface area (Å²) in [4.78, 5) is 0. The number of hydrogen-bond acceptors (Lipinski definition) is 3. The molecule has 96 valence electrons. The standard InChI is InChI=1S/C12H10Cl2O3S/c13-11-5-6-12(17-7-8-18(14,15)16)10-4-2-1-3-9(10)11/h1-6H,7-8H2. The molecule has 2 rings (SSSR count). The van der Waals surface area contributed by atoms with Crippen LogP contribution in [0.2, 0.25) is 5.02 Å². The van der Waals surface area contributed by atoms with Crippen LogP contribution in [-0.4, -0.2) is 20.8 Å². The largest absolute Gasteiger partial charge is 0.492 e. The molecule has 0 saturated carbocycles. The first kappa shape index (κ1) is 13.5. The van der Waals surface area contributed by atoms with Gasteiger partial charge >= 0.3 is 0 Å². The molecule has 0 heterocycles. The van der Waals surface area contributed by atoms with E-state index in [0.29, 0.717) is 10.8 Å². The summed E-state index contributed by atoms with van der Waals surface area (Å²) in [6.45, 7) is 0.0114. The highest BCUT2D eigenvalue weighted by Gasteiger charge is 2.08. The summed E-state index contributed by atoms with van der Waals surface area (Å²) in [5.41, 5.74) is 0. The molecule has 2 aromatic carbocycles. The lowest BCUT2D eigenvalue weighted by molar-refractivity contribution is 0.345. The molecule has 0 aliphatic carbocycles.